The molecule has 0 amide bonds. The monoisotopic (exact) mass is 397 g/mol. The van der Waals surface area contributed by atoms with Gasteiger partial charge in [-0.2, -0.15) is 0 Å². The molecule has 2 atom stereocenters. The molecule has 0 bridgehead atoms. The van der Waals surface area contributed by atoms with E-state index in [-0.39, 0.29) is 5.97 Å². The lowest BCUT2D eigenvalue weighted by molar-refractivity contribution is -0.145. The summed E-state index contributed by atoms with van der Waals surface area (Å²) in [6, 6.07) is 0. The van der Waals surface area contributed by atoms with E-state index in [1.807, 2.05) is 0 Å². The number of esters is 1. The van der Waals surface area contributed by atoms with Crippen LogP contribution in [0.4, 0.5) is 0 Å². The third-order valence-electron chi connectivity index (χ3n) is 5.43. The van der Waals surface area contributed by atoms with Crippen molar-refractivity contribution >= 4 is 11.7 Å². The Balaban J connectivity index is 4.04. The first-order chi connectivity index (χ1) is 13.6. The van der Waals surface area contributed by atoms with Gasteiger partial charge in [0.25, 0.3) is 0 Å². The summed E-state index contributed by atoms with van der Waals surface area (Å²) in [4.78, 5) is 12.2. The summed E-state index contributed by atoms with van der Waals surface area (Å²) >= 11 is 0. The van der Waals surface area contributed by atoms with Gasteiger partial charge in [0.2, 0.25) is 0 Å². The summed E-state index contributed by atoms with van der Waals surface area (Å²) in [6.45, 7) is 6.55. The molecule has 166 valence electrons. The molecule has 2 N–H and O–H groups in total. The summed E-state index contributed by atoms with van der Waals surface area (Å²) in [6.07, 6.45) is 16.9. The molecule has 4 heteroatoms. The molecule has 0 rings (SSSR count). The van der Waals surface area contributed by atoms with Crippen molar-refractivity contribution in [1.29, 1.82) is 5.41 Å². The first kappa shape index (κ1) is 27.1. The van der Waals surface area contributed by atoms with Gasteiger partial charge in [-0.15, -0.1) is 0 Å². The first-order valence-electron chi connectivity index (χ1n) is 12.0. The third-order valence-corrected chi connectivity index (χ3v) is 5.43. The lowest BCUT2D eigenvalue weighted by atomic mass is 9.91. The molecular formula is C24H47NO3. The molecule has 0 aromatic carbocycles. The van der Waals surface area contributed by atoms with Crippen LogP contribution in [0.15, 0.2) is 0 Å². The van der Waals surface area contributed by atoms with Crippen LogP contribution in [0.2, 0.25) is 0 Å². The van der Waals surface area contributed by atoms with Gasteiger partial charge in [-0.1, -0.05) is 97.3 Å². The zero-order valence-corrected chi connectivity index (χ0v) is 18.9. The van der Waals surface area contributed by atoms with E-state index in [0.29, 0.717) is 25.2 Å². The highest BCUT2D eigenvalue weighted by Crippen LogP contribution is 2.19. The molecule has 0 fully saturated rings. The Kier molecular flexibility index (Phi) is 18.8. The number of aliphatic hydroxyl groups is 1. The first-order valence-corrected chi connectivity index (χ1v) is 12.0. The van der Waals surface area contributed by atoms with Crippen LogP contribution in [0.1, 0.15) is 124 Å². The fourth-order valence-electron chi connectivity index (χ4n) is 3.64. The molecule has 0 saturated heterocycles. The van der Waals surface area contributed by atoms with E-state index < -0.39 is 12.0 Å². The number of unbranched alkanes of at least 4 members (excludes halogenated alkanes) is 11. The van der Waals surface area contributed by atoms with Crippen LogP contribution in [0, 0.1) is 11.3 Å². The fourth-order valence-corrected chi connectivity index (χ4v) is 3.64. The summed E-state index contributed by atoms with van der Waals surface area (Å²) in [7, 11) is 0. The topological polar surface area (TPSA) is 70.4 Å². The summed E-state index contributed by atoms with van der Waals surface area (Å²) in [5.74, 6) is -0.770. The zero-order valence-electron chi connectivity index (χ0n) is 18.9. The minimum atomic E-state index is -0.510. The van der Waals surface area contributed by atoms with Crippen molar-refractivity contribution in [3.63, 3.8) is 0 Å². The molecule has 0 aliphatic rings. The molecule has 0 aromatic rings. The van der Waals surface area contributed by atoms with Crippen LogP contribution in [0.3, 0.4) is 0 Å². The highest BCUT2D eigenvalue weighted by Gasteiger charge is 2.25. The van der Waals surface area contributed by atoms with E-state index in [2.05, 4.69) is 13.8 Å². The SMILES string of the molecule is CCCCCCCCCCC[C@@H](O)CC(=N)C(CCCCCC)C(=O)OCC. The van der Waals surface area contributed by atoms with Gasteiger partial charge in [-0.25, -0.2) is 0 Å². The lowest BCUT2D eigenvalue weighted by Crippen LogP contribution is -2.28. The standard InChI is InChI=1S/C24H47NO3/c1-4-7-9-11-12-13-14-15-16-18-21(26)20-23(25)22(24(27)28-6-3)19-17-10-8-5-2/h21-22,25-26H,4-20H2,1-3H3/t21-,22?/m1/s1. The van der Waals surface area contributed by atoms with Crippen LogP contribution in [0.5, 0.6) is 0 Å². The van der Waals surface area contributed by atoms with E-state index in [1.165, 1.54) is 44.9 Å². The Morgan fingerprint density at radius 1 is 0.786 bits per heavy atom. The number of carbonyl (C=O) groups excluding carboxylic acids is 1. The maximum Gasteiger partial charge on any atom is 0.314 e. The second-order valence-corrected chi connectivity index (χ2v) is 8.15. The predicted molar refractivity (Wildman–Crippen MR) is 119 cm³/mol. The fraction of sp³-hybridized carbons (Fsp3) is 0.917. The Hall–Kier alpha value is -0.900. The Morgan fingerprint density at radius 3 is 1.79 bits per heavy atom. The number of rotatable bonds is 20. The number of nitrogens with one attached hydrogen (secondary N) is 1. The average molecular weight is 398 g/mol. The minimum Gasteiger partial charge on any atom is -0.465 e. The summed E-state index contributed by atoms with van der Waals surface area (Å²) in [5.41, 5.74) is 0.346. The van der Waals surface area contributed by atoms with Crippen molar-refractivity contribution in [1.82, 2.24) is 0 Å². The molecule has 0 aliphatic carbocycles. The van der Waals surface area contributed by atoms with Crippen LogP contribution < -0.4 is 0 Å². The highest BCUT2D eigenvalue weighted by molar-refractivity contribution is 6.00. The van der Waals surface area contributed by atoms with Crippen LogP contribution in [-0.2, 0) is 9.53 Å². The maximum atomic E-state index is 12.2. The smallest absolute Gasteiger partial charge is 0.314 e. The number of carbonyl (C=O) groups is 1. The molecule has 28 heavy (non-hydrogen) atoms. The van der Waals surface area contributed by atoms with Crippen molar-refractivity contribution < 1.29 is 14.6 Å². The number of hydrogen-bond acceptors (Lipinski definition) is 4. The van der Waals surface area contributed by atoms with Crippen molar-refractivity contribution in [3.8, 4) is 0 Å². The van der Waals surface area contributed by atoms with Crippen LogP contribution >= 0.6 is 0 Å². The predicted octanol–water partition coefficient (Wildman–Crippen LogP) is 6.83. The molecule has 1 unspecified atom stereocenters. The quantitative estimate of drug-likeness (QED) is 0.134. The van der Waals surface area contributed by atoms with Gasteiger partial charge in [0.05, 0.1) is 18.6 Å². The van der Waals surface area contributed by atoms with Crippen molar-refractivity contribution in [3.05, 3.63) is 0 Å². The molecule has 4 nitrogen and oxygen atoms in total. The number of hydrogen-bond donors (Lipinski definition) is 2. The van der Waals surface area contributed by atoms with Gasteiger partial charge in [0.1, 0.15) is 0 Å². The zero-order chi connectivity index (χ0) is 21.0. The van der Waals surface area contributed by atoms with Gasteiger partial charge in [0, 0.05) is 12.1 Å². The van der Waals surface area contributed by atoms with E-state index >= 15 is 0 Å². The summed E-state index contributed by atoms with van der Waals surface area (Å²) < 4.78 is 5.16. The lowest BCUT2D eigenvalue weighted by Gasteiger charge is -2.19. The average Bonchev–Trinajstić information content (AvgIpc) is 2.66. The maximum absolute atomic E-state index is 12.2. The van der Waals surface area contributed by atoms with E-state index in [0.717, 1.165) is 44.9 Å². The van der Waals surface area contributed by atoms with Crippen LogP contribution in [0.25, 0.3) is 0 Å². The number of aliphatic hydroxyl groups excluding tert-OH is 1. The van der Waals surface area contributed by atoms with Gasteiger partial charge < -0.3 is 15.3 Å². The summed E-state index contributed by atoms with van der Waals surface area (Å²) in [5, 5.41) is 18.6. The van der Waals surface area contributed by atoms with Gasteiger partial charge in [0.15, 0.2) is 0 Å². The minimum absolute atomic E-state index is 0.292. The van der Waals surface area contributed by atoms with Gasteiger partial charge in [-0.3, -0.25) is 4.79 Å². The van der Waals surface area contributed by atoms with Crippen molar-refractivity contribution in [2.45, 2.75) is 130 Å². The molecule has 0 spiro atoms. The Bertz CT molecular complexity index is 384. The van der Waals surface area contributed by atoms with E-state index in [1.54, 1.807) is 6.92 Å². The second kappa shape index (κ2) is 19.4. The Labute approximate surface area is 174 Å². The van der Waals surface area contributed by atoms with Crippen LogP contribution in [-0.4, -0.2) is 29.5 Å². The molecule has 0 aromatic heterocycles. The van der Waals surface area contributed by atoms with E-state index in [4.69, 9.17) is 10.1 Å². The van der Waals surface area contributed by atoms with Gasteiger partial charge in [-0.05, 0) is 19.8 Å². The second-order valence-electron chi connectivity index (χ2n) is 8.15. The normalized spacial score (nSPS) is 13.3. The Morgan fingerprint density at radius 2 is 1.25 bits per heavy atom. The van der Waals surface area contributed by atoms with Crippen molar-refractivity contribution in [2.24, 2.45) is 5.92 Å². The van der Waals surface area contributed by atoms with Gasteiger partial charge >= 0.3 is 5.97 Å². The molecule has 0 heterocycles. The molecular weight excluding hydrogens is 350 g/mol. The third kappa shape index (κ3) is 15.1. The van der Waals surface area contributed by atoms with E-state index in [9.17, 15) is 9.90 Å². The highest BCUT2D eigenvalue weighted by atomic mass is 16.5. The van der Waals surface area contributed by atoms with Crippen molar-refractivity contribution in [2.75, 3.05) is 6.61 Å². The molecule has 0 aliphatic heterocycles. The molecule has 0 saturated carbocycles. The molecule has 0 radical (unpaired) electrons. The largest absolute Gasteiger partial charge is 0.465 e. The number of ether oxygens (including phenoxy) is 1.